The lowest BCUT2D eigenvalue weighted by Gasteiger charge is -2.20. The average molecular weight is 366 g/mol. The SMILES string of the molecule is CC(C)c1c(-c2cc(N)n(C)n2)cc(Br)c2c1OCCCO2. The fourth-order valence-corrected chi connectivity index (χ4v) is 3.23. The van der Waals surface area contributed by atoms with E-state index in [2.05, 4.69) is 34.9 Å². The van der Waals surface area contributed by atoms with Crippen molar-refractivity contribution < 1.29 is 9.47 Å². The molecule has 0 saturated carbocycles. The van der Waals surface area contributed by atoms with E-state index in [0.717, 1.165) is 39.2 Å². The third-order valence-electron chi connectivity index (χ3n) is 3.78. The molecule has 6 heteroatoms. The summed E-state index contributed by atoms with van der Waals surface area (Å²) >= 11 is 3.60. The molecule has 0 saturated heterocycles. The summed E-state index contributed by atoms with van der Waals surface area (Å²) in [5, 5.41) is 4.51. The molecule has 0 aliphatic carbocycles. The molecule has 2 heterocycles. The van der Waals surface area contributed by atoms with Gasteiger partial charge in [0.25, 0.3) is 0 Å². The maximum Gasteiger partial charge on any atom is 0.175 e. The van der Waals surface area contributed by atoms with E-state index in [-0.39, 0.29) is 5.92 Å². The molecule has 2 N–H and O–H groups in total. The Morgan fingerprint density at radius 2 is 1.91 bits per heavy atom. The van der Waals surface area contributed by atoms with Gasteiger partial charge in [0.2, 0.25) is 0 Å². The highest BCUT2D eigenvalue weighted by Crippen LogP contribution is 2.47. The summed E-state index contributed by atoms with van der Waals surface area (Å²) < 4.78 is 14.4. The van der Waals surface area contributed by atoms with Crippen LogP contribution in [0, 0.1) is 0 Å². The molecule has 1 aromatic heterocycles. The topological polar surface area (TPSA) is 62.3 Å². The number of nitrogens with two attached hydrogens (primary N) is 1. The Kier molecular flexibility index (Phi) is 4.04. The molecule has 0 fully saturated rings. The zero-order valence-electron chi connectivity index (χ0n) is 13.0. The quantitative estimate of drug-likeness (QED) is 0.880. The summed E-state index contributed by atoms with van der Waals surface area (Å²) in [6.07, 6.45) is 0.879. The molecule has 0 atom stereocenters. The second-order valence-corrected chi connectivity index (χ2v) is 6.62. The van der Waals surface area contributed by atoms with Gasteiger partial charge in [-0.1, -0.05) is 13.8 Å². The van der Waals surface area contributed by atoms with Crippen molar-refractivity contribution in [1.29, 1.82) is 0 Å². The Hall–Kier alpha value is -1.69. The van der Waals surface area contributed by atoms with E-state index in [1.165, 1.54) is 0 Å². The second-order valence-electron chi connectivity index (χ2n) is 5.76. The van der Waals surface area contributed by atoms with E-state index >= 15 is 0 Å². The van der Waals surface area contributed by atoms with E-state index in [1.807, 2.05) is 19.2 Å². The van der Waals surface area contributed by atoms with Gasteiger partial charge in [-0.3, -0.25) is 4.68 Å². The lowest BCUT2D eigenvalue weighted by atomic mass is 9.93. The number of benzene rings is 1. The summed E-state index contributed by atoms with van der Waals surface area (Å²) in [6, 6.07) is 3.93. The van der Waals surface area contributed by atoms with Crippen LogP contribution in [0.2, 0.25) is 0 Å². The fraction of sp³-hybridized carbons (Fsp3) is 0.438. The first-order valence-electron chi connectivity index (χ1n) is 7.41. The van der Waals surface area contributed by atoms with Crippen LogP contribution in [0.4, 0.5) is 5.82 Å². The van der Waals surface area contributed by atoms with Crippen LogP contribution in [0.5, 0.6) is 11.5 Å². The molecular formula is C16H20BrN3O2. The van der Waals surface area contributed by atoms with Crippen molar-refractivity contribution >= 4 is 21.7 Å². The van der Waals surface area contributed by atoms with Crippen molar-refractivity contribution in [3.8, 4) is 22.8 Å². The fourth-order valence-electron chi connectivity index (χ4n) is 2.71. The molecule has 1 aromatic carbocycles. The number of aryl methyl sites for hydroxylation is 1. The van der Waals surface area contributed by atoms with Crippen LogP contribution in [0.1, 0.15) is 31.7 Å². The Morgan fingerprint density at radius 1 is 1.23 bits per heavy atom. The van der Waals surface area contributed by atoms with E-state index in [4.69, 9.17) is 15.2 Å². The van der Waals surface area contributed by atoms with Gasteiger partial charge < -0.3 is 15.2 Å². The Bertz CT molecular complexity index is 690. The van der Waals surface area contributed by atoms with Gasteiger partial charge in [-0.15, -0.1) is 0 Å². The first kappa shape index (κ1) is 15.2. The number of rotatable bonds is 2. The highest BCUT2D eigenvalue weighted by Gasteiger charge is 2.25. The van der Waals surface area contributed by atoms with Crippen LogP contribution in [-0.4, -0.2) is 23.0 Å². The van der Waals surface area contributed by atoms with Crippen LogP contribution in [0.25, 0.3) is 11.3 Å². The van der Waals surface area contributed by atoms with Crippen molar-refractivity contribution in [3.05, 3.63) is 22.2 Å². The first-order valence-corrected chi connectivity index (χ1v) is 8.20. The van der Waals surface area contributed by atoms with Gasteiger partial charge in [-0.05, 0) is 27.9 Å². The molecule has 1 aliphatic heterocycles. The summed E-state index contributed by atoms with van der Waals surface area (Å²) in [6.45, 7) is 5.62. The van der Waals surface area contributed by atoms with Crippen molar-refractivity contribution in [2.24, 2.45) is 7.05 Å². The molecule has 0 radical (unpaired) electrons. The van der Waals surface area contributed by atoms with Crippen LogP contribution in [-0.2, 0) is 7.05 Å². The number of nitrogens with zero attached hydrogens (tertiary/aromatic N) is 2. The van der Waals surface area contributed by atoms with Crippen LogP contribution < -0.4 is 15.2 Å². The Balaban J connectivity index is 2.26. The Labute approximate surface area is 138 Å². The number of hydrogen-bond acceptors (Lipinski definition) is 4. The number of hydrogen-bond donors (Lipinski definition) is 1. The average Bonchev–Trinajstić information content (AvgIpc) is 2.66. The van der Waals surface area contributed by atoms with Crippen molar-refractivity contribution in [2.75, 3.05) is 18.9 Å². The summed E-state index contributed by atoms with van der Waals surface area (Å²) in [4.78, 5) is 0. The molecule has 0 amide bonds. The van der Waals surface area contributed by atoms with Gasteiger partial charge in [0, 0.05) is 30.7 Å². The monoisotopic (exact) mass is 365 g/mol. The maximum atomic E-state index is 6.00. The lowest BCUT2D eigenvalue weighted by molar-refractivity contribution is 0.295. The smallest absolute Gasteiger partial charge is 0.175 e. The minimum Gasteiger partial charge on any atom is -0.489 e. The minimum absolute atomic E-state index is 0.279. The number of ether oxygens (including phenoxy) is 2. The number of nitrogen functional groups attached to an aromatic ring is 1. The largest absolute Gasteiger partial charge is 0.489 e. The van der Waals surface area contributed by atoms with Crippen molar-refractivity contribution in [3.63, 3.8) is 0 Å². The van der Waals surface area contributed by atoms with E-state index in [9.17, 15) is 0 Å². The highest BCUT2D eigenvalue weighted by molar-refractivity contribution is 9.10. The molecule has 22 heavy (non-hydrogen) atoms. The number of anilines is 1. The van der Waals surface area contributed by atoms with E-state index in [0.29, 0.717) is 19.0 Å². The number of fused-ring (bicyclic) bond motifs is 1. The third kappa shape index (κ3) is 2.56. The normalized spacial score (nSPS) is 14.2. The minimum atomic E-state index is 0.279. The van der Waals surface area contributed by atoms with Gasteiger partial charge in [0.05, 0.1) is 23.4 Å². The van der Waals surface area contributed by atoms with Crippen LogP contribution in [0.15, 0.2) is 16.6 Å². The molecule has 2 aromatic rings. The summed E-state index contributed by atoms with van der Waals surface area (Å²) in [5.74, 6) is 2.52. The molecule has 5 nitrogen and oxygen atoms in total. The molecule has 0 bridgehead atoms. The zero-order valence-corrected chi connectivity index (χ0v) is 14.6. The molecule has 118 valence electrons. The second kappa shape index (κ2) is 5.83. The summed E-state index contributed by atoms with van der Waals surface area (Å²) in [5.41, 5.74) is 8.92. The molecule has 0 unspecified atom stereocenters. The number of aromatic nitrogens is 2. The van der Waals surface area contributed by atoms with Gasteiger partial charge in [0.15, 0.2) is 11.5 Å². The predicted molar refractivity (Wildman–Crippen MR) is 90.5 cm³/mol. The molecular weight excluding hydrogens is 346 g/mol. The van der Waals surface area contributed by atoms with Gasteiger partial charge in [-0.25, -0.2) is 0 Å². The summed E-state index contributed by atoms with van der Waals surface area (Å²) in [7, 11) is 1.84. The van der Waals surface area contributed by atoms with Gasteiger partial charge in [0.1, 0.15) is 5.82 Å². The third-order valence-corrected chi connectivity index (χ3v) is 4.37. The van der Waals surface area contributed by atoms with Crippen LogP contribution >= 0.6 is 15.9 Å². The Morgan fingerprint density at radius 3 is 2.50 bits per heavy atom. The number of halogens is 1. The zero-order chi connectivity index (χ0) is 15.9. The molecule has 1 aliphatic rings. The van der Waals surface area contributed by atoms with Crippen molar-refractivity contribution in [1.82, 2.24) is 9.78 Å². The first-order chi connectivity index (χ1) is 10.5. The van der Waals surface area contributed by atoms with Gasteiger partial charge in [-0.2, -0.15) is 5.10 Å². The standard InChI is InChI=1S/C16H20BrN3O2/c1-9(2)14-10(12-8-13(18)20(3)19-12)7-11(17)15-16(14)22-6-4-5-21-15/h7-9H,4-6,18H2,1-3H3. The molecule has 0 spiro atoms. The van der Waals surface area contributed by atoms with E-state index < -0.39 is 0 Å². The van der Waals surface area contributed by atoms with E-state index in [1.54, 1.807) is 4.68 Å². The maximum absolute atomic E-state index is 6.00. The molecule has 3 rings (SSSR count). The predicted octanol–water partition coefficient (Wildman–Crippen LogP) is 3.72. The van der Waals surface area contributed by atoms with Gasteiger partial charge >= 0.3 is 0 Å². The lowest BCUT2D eigenvalue weighted by Crippen LogP contribution is -2.02. The highest BCUT2D eigenvalue weighted by atomic mass is 79.9. The van der Waals surface area contributed by atoms with Crippen molar-refractivity contribution in [2.45, 2.75) is 26.2 Å². The van der Waals surface area contributed by atoms with Crippen LogP contribution in [0.3, 0.4) is 0 Å².